The van der Waals surface area contributed by atoms with Crippen LogP contribution in [0.25, 0.3) is 5.69 Å². The van der Waals surface area contributed by atoms with Gasteiger partial charge in [0.05, 0.1) is 19.6 Å². The minimum absolute atomic E-state index is 0.258. The van der Waals surface area contributed by atoms with Gasteiger partial charge in [-0.3, -0.25) is 9.59 Å². The van der Waals surface area contributed by atoms with Gasteiger partial charge < -0.3 is 20.3 Å². The van der Waals surface area contributed by atoms with E-state index in [0.717, 1.165) is 22.9 Å². The fourth-order valence-electron chi connectivity index (χ4n) is 3.12. The Balaban J connectivity index is 1.90. The first-order valence-electron chi connectivity index (χ1n) is 9.11. The van der Waals surface area contributed by atoms with Crippen LogP contribution in [0.5, 0.6) is 11.6 Å². The Morgan fingerprint density at radius 2 is 1.94 bits per heavy atom. The van der Waals surface area contributed by atoms with Gasteiger partial charge in [0.15, 0.2) is 11.5 Å². The van der Waals surface area contributed by atoms with Crippen molar-refractivity contribution in [3.05, 3.63) is 70.9 Å². The number of ether oxygens (including phenoxy) is 1. The first kappa shape index (κ1) is 21.8. The van der Waals surface area contributed by atoms with Crippen LogP contribution in [0.15, 0.2) is 42.5 Å². The molecule has 1 amide bonds. The number of carboxylic acids is 1. The average Bonchev–Trinajstić information content (AvgIpc) is 3.08. The van der Waals surface area contributed by atoms with Crippen LogP contribution in [0.1, 0.15) is 34.1 Å². The van der Waals surface area contributed by atoms with Gasteiger partial charge in [-0.1, -0.05) is 6.07 Å². The van der Waals surface area contributed by atoms with Crippen molar-refractivity contribution < 1.29 is 33.3 Å². The van der Waals surface area contributed by atoms with Crippen molar-refractivity contribution in [3.63, 3.8) is 0 Å². The van der Waals surface area contributed by atoms with Crippen LogP contribution in [-0.4, -0.2) is 39.0 Å². The molecule has 0 aliphatic heterocycles. The number of rotatable bonds is 7. The van der Waals surface area contributed by atoms with Gasteiger partial charge in [-0.15, -0.1) is 0 Å². The molecule has 3 rings (SSSR count). The molecule has 0 aliphatic carbocycles. The lowest BCUT2D eigenvalue weighted by molar-refractivity contribution is -0.137. The quantitative estimate of drug-likeness (QED) is 0.530. The molecule has 3 aromatic rings. The largest absolute Gasteiger partial charge is 0.497 e. The van der Waals surface area contributed by atoms with Crippen molar-refractivity contribution in [2.24, 2.45) is 0 Å². The Morgan fingerprint density at radius 1 is 1.19 bits per heavy atom. The normalized spacial score (nSPS) is 11.7. The van der Waals surface area contributed by atoms with E-state index in [2.05, 4.69) is 10.4 Å². The molecule has 1 aromatic heterocycles. The van der Waals surface area contributed by atoms with E-state index < -0.39 is 41.9 Å². The van der Waals surface area contributed by atoms with E-state index >= 15 is 0 Å². The molecule has 0 fully saturated rings. The van der Waals surface area contributed by atoms with E-state index in [1.54, 1.807) is 25.1 Å². The van der Waals surface area contributed by atoms with Gasteiger partial charge in [0.2, 0.25) is 5.88 Å². The van der Waals surface area contributed by atoms with Gasteiger partial charge in [0, 0.05) is 12.1 Å². The molecule has 0 radical (unpaired) electrons. The highest BCUT2D eigenvalue weighted by Gasteiger charge is 2.24. The predicted octanol–water partition coefficient (Wildman–Crippen LogP) is 3.12. The molecule has 0 bridgehead atoms. The molecule has 0 spiro atoms. The number of aryl methyl sites for hydroxylation is 1. The minimum atomic E-state index is -1.14. The molecule has 0 saturated carbocycles. The monoisotopic (exact) mass is 431 g/mol. The molecule has 3 N–H and O–H groups in total. The Bertz CT molecular complexity index is 1150. The highest BCUT2D eigenvalue weighted by atomic mass is 19.1. The van der Waals surface area contributed by atoms with Crippen molar-refractivity contribution in [1.82, 2.24) is 15.1 Å². The molecule has 1 heterocycles. The van der Waals surface area contributed by atoms with Crippen molar-refractivity contribution in [1.29, 1.82) is 0 Å². The third-order valence-electron chi connectivity index (χ3n) is 4.60. The van der Waals surface area contributed by atoms with E-state index in [9.17, 15) is 28.6 Å². The second-order valence-corrected chi connectivity index (χ2v) is 6.74. The van der Waals surface area contributed by atoms with Crippen molar-refractivity contribution in [3.8, 4) is 17.3 Å². The number of aromatic nitrogens is 2. The van der Waals surface area contributed by atoms with Crippen molar-refractivity contribution in [2.45, 2.75) is 19.4 Å². The van der Waals surface area contributed by atoms with Gasteiger partial charge in [-0.25, -0.2) is 8.78 Å². The number of nitrogens with zero attached hydrogens (tertiary/aromatic N) is 2. The third-order valence-corrected chi connectivity index (χ3v) is 4.60. The fraction of sp³-hybridized carbons (Fsp3) is 0.190. The first-order valence-corrected chi connectivity index (χ1v) is 9.11. The number of hydrogen-bond donors (Lipinski definition) is 3. The lowest BCUT2D eigenvalue weighted by atomic mass is 9.98. The topological polar surface area (TPSA) is 114 Å². The fourth-order valence-corrected chi connectivity index (χ4v) is 3.12. The summed E-state index contributed by atoms with van der Waals surface area (Å²) < 4.78 is 33.0. The number of halogens is 2. The van der Waals surface area contributed by atoms with Crippen LogP contribution in [0.3, 0.4) is 0 Å². The number of carbonyl (C=O) groups excluding carboxylic acids is 1. The number of hydrogen-bond acceptors (Lipinski definition) is 5. The van der Waals surface area contributed by atoms with E-state index in [1.165, 1.54) is 7.11 Å². The number of amides is 1. The standard InChI is InChI=1S/C21H19F2N3O5/c1-11-7-13(31-2)4-5-14(11)16(10-20(28)29)24-21(30)17-9-19(27)26(25-17)18-6-3-12(22)8-15(18)23/h3-9,16,27H,10H2,1-2H3,(H,24,30)(H,28,29). The molecular formula is C21H19F2N3O5. The van der Waals surface area contributed by atoms with E-state index in [-0.39, 0.29) is 11.4 Å². The second-order valence-electron chi connectivity index (χ2n) is 6.74. The summed E-state index contributed by atoms with van der Waals surface area (Å²) in [6, 6.07) is 7.75. The summed E-state index contributed by atoms with van der Waals surface area (Å²) in [5, 5.41) is 25.8. The summed E-state index contributed by atoms with van der Waals surface area (Å²) in [6.07, 6.45) is -0.405. The third kappa shape index (κ3) is 4.80. The molecule has 0 saturated heterocycles. The maximum atomic E-state index is 14.0. The van der Waals surface area contributed by atoms with Gasteiger partial charge in [-0.2, -0.15) is 9.78 Å². The second kappa shape index (κ2) is 8.82. The van der Waals surface area contributed by atoms with Crippen LogP contribution in [0, 0.1) is 18.6 Å². The van der Waals surface area contributed by atoms with Crippen LogP contribution in [-0.2, 0) is 4.79 Å². The molecule has 1 unspecified atom stereocenters. The van der Waals surface area contributed by atoms with Crippen LogP contribution in [0.2, 0.25) is 0 Å². The Labute approximate surface area is 175 Å². The van der Waals surface area contributed by atoms with Gasteiger partial charge in [-0.05, 0) is 42.3 Å². The highest BCUT2D eigenvalue weighted by Crippen LogP contribution is 2.26. The van der Waals surface area contributed by atoms with E-state index in [0.29, 0.717) is 22.9 Å². The van der Waals surface area contributed by atoms with Crippen LogP contribution in [0.4, 0.5) is 8.78 Å². The van der Waals surface area contributed by atoms with Crippen molar-refractivity contribution >= 4 is 11.9 Å². The molecule has 162 valence electrons. The zero-order chi connectivity index (χ0) is 22.7. The number of nitrogens with one attached hydrogen (secondary N) is 1. The lowest BCUT2D eigenvalue weighted by Crippen LogP contribution is -2.31. The summed E-state index contributed by atoms with van der Waals surface area (Å²) in [5.74, 6) is -3.68. The number of methoxy groups -OCH3 is 1. The minimum Gasteiger partial charge on any atom is -0.497 e. The predicted molar refractivity (Wildman–Crippen MR) is 105 cm³/mol. The maximum absolute atomic E-state index is 14.0. The number of aliphatic carboxylic acids is 1. The number of carbonyl (C=O) groups is 2. The van der Waals surface area contributed by atoms with Crippen LogP contribution >= 0.6 is 0 Å². The molecule has 2 aromatic carbocycles. The van der Waals surface area contributed by atoms with Gasteiger partial charge >= 0.3 is 5.97 Å². The van der Waals surface area contributed by atoms with Crippen molar-refractivity contribution in [2.75, 3.05) is 7.11 Å². The van der Waals surface area contributed by atoms with E-state index in [4.69, 9.17) is 4.74 Å². The van der Waals surface area contributed by atoms with Gasteiger partial charge in [0.1, 0.15) is 17.3 Å². The number of benzene rings is 2. The summed E-state index contributed by atoms with van der Waals surface area (Å²) in [7, 11) is 1.50. The summed E-state index contributed by atoms with van der Waals surface area (Å²) in [5.41, 5.74) is 0.728. The number of aromatic hydroxyl groups is 1. The van der Waals surface area contributed by atoms with Crippen LogP contribution < -0.4 is 10.1 Å². The Hall–Kier alpha value is -3.95. The van der Waals surface area contributed by atoms with Gasteiger partial charge in [0.25, 0.3) is 5.91 Å². The SMILES string of the molecule is COc1ccc(C(CC(=O)O)NC(=O)c2cc(O)n(-c3ccc(F)cc3F)n2)c(C)c1. The smallest absolute Gasteiger partial charge is 0.305 e. The zero-order valence-electron chi connectivity index (χ0n) is 16.6. The average molecular weight is 431 g/mol. The molecule has 8 nitrogen and oxygen atoms in total. The zero-order valence-corrected chi connectivity index (χ0v) is 16.6. The Morgan fingerprint density at radius 3 is 2.55 bits per heavy atom. The Kier molecular flexibility index (Phi) is 6.19. The first-order chi connectivity index (χ1) is 14.7. The highest BCUT2D eigenvalue weighted by molar-refractivity contribution is 5.93. The summed E-state index contributed by atoms with van der Waals surface area (Å²) >= 11 is 0. The summed E-state index contributed by atoms with van der Waals surface area (Å²) in [6.45, 7) is 1.75. The summed E-state index contributed by atoms with van der Waals surface area (Å²) in [4.78, 5) is 24.0. The maximum Gasteiger partial charge on any atom is 0.305 e. The molecule has 10 heteroatoms. The molecule has 31 heavy (non-hydrogen) atoms. The molecule has 0 aliphatic rings. The molecular weight excluding hydrogens is 412 g/mol. The van der Waals surface area contributed by atoms with E-state index in [1.807, 2.05) is 0 Å². The molecule has 1 atom stereocenters. The number of carboxylic acid groups (broad SMARTS) is 1. The lowest BCUT2D eigenvalue weighted by Gasteiger charge is -2.19.